The molecule has 0 aliphatic rings. The molecule has 0 aliphatic heterocycles. The summed E-state index contributed by atoms with van der Waals surface area (Å²) in [7, 11) is 0. The van der Waals surface area contributed by atoms with Crippen LogP contribution in [0.25, 0.3) is 10.9 Å². The van der Waals surface area contributed by atoms with Gasteiger partial charge in [0, 0.05) is 21.2 Å². The second-order valence-corrected chi connectivity index (χ2v) is 4.34. The Morgan fingerprint density at radius 2 is 2.00 bits per heavy atom. The number of fused-ring (bicyclic) bond motifs is 1. The minimum atomic E-state index is -0.344. The van der Waals surface area contributed by atoms with Crippen LogP contribution in [0.1, 0.15) is 11.3 Å². The molecule has 0 bridgehead atoms. The Kier molecular flexibility index (Phi) is 2.38. The van der Waals surface area contributed by atoms with Crippen molar-refractivity contribution >= 4 is 32.5 Å². The summed E-state index contributed by atoms with van der Waals surface area (Å²) in [5, 5.41) is 0.651. The first kappa shape index (κ1) is 10.4. The molecule has 15 heavy (non-hydrogen) atoms. The van der Waals surface area contributed by atoms with Gasteiger partial charge < -0.3 is 5.73 Å². The van der Waals surface area contributed by atoms with Crippen molar-refractivity contribution in [2.75, 3.05) is 5.73 Å². The molecule has 2 N–H and O–H groups in total. The van der Waals surface area contributed by atoms with Crippen molar-refractivity contribution in [3.05, 3.63) is 33.7 Å². The van der Waals surface area contributed by atoms with Crippen LogP contribution in [0.3, 0.4) is 0 Å². The molecule has 0 fully saturated rings. The fourth-order valence-electron chi connectivity index (χ4n) is 1.54. The molecule has 1 aromatic carbocycles. The third-order valence-corrected chi connectivity index (χ3v) is 3.23. The van der Waals surface area contributed by atoms with Crippen molar-refractivity contribution in [3.63, 3.8) is 0 Å². The minimum Gasteiger partial charge on any atom is -0.398 e. The summed E-state index contributed by atoms with van der Waals surface area (Å²) in [6.45, 7) is 3.71. The van der Waals surface area contributed by atoms with Crippen LogP contribution in [0.15, 0.2) is 16.6 Å². The van der Waals surface area contributed by atoms with E-state index in [1.54, 1.807) is 6.07 Å². The van der Waals surface area contributed by atoms with E-state index in [-0.39, 0.29) is 5.82 Å². The van der Waals surface area contributed by atoms with Gasteiger partial charge >= 0.3 is 0 Å². The second-order valence-electron chi connectivity index (χ2n) is 3.49. The van der Waals surface area contributed by atoms with E-state index in [1.165, 1.54) is 6.07 Å². The molecule has 0 atom stereocenters. The molecule has 0 radical (unpaired) electrons. The molecule has 2 aromatic rings. The van der Waals surface area contributed by atoms with Crippen molar-refractivity contribution in [1.82, 2.24) is 4.98 Å². The van der Waals surface area contributed by atoms with E-state index in [9.17, 15) is 4.39 Å². The zero-order valence-corrected chi connectivity index (χ0v) is 10.0. The number of aromatic nitrogens is 1. The van der Waals surface area contributed by atoms with Crippen molar-refractivity contribution in [2.24, 2.45) is 0 Å². The molecule has 1 heterocycles. The number of halogens is 2. The van der Waals surface area contributed by atoms with Crippen LogP contribution in [-0.4, -0.2) is 4.98 Å². The fourth-order valence-corrected chi connectivity index (χ4v) is 2.07. The van der Waals surface area contributed by atoms with Gasteiger partial charge in [0.25, 0.3) is 0 Å². The number of hydrogen-bond donors (Lipinski definition) is 1. The lowest BCUT2D eigenvalue weighted by Gasteiger charge is -2.10. The first-order valence-corrected chi connectivity index (χ1v) is 5.32. The molecule has 2 rings (SSSR count). The molecular formula is C11H10BrFN2. The summed E-state index contributed by atoms with van der Waals surface area (Å²) in [6.07, 6.45) is 0. The third kappa shape index (κ3) is 1.49. The van der Waals surface area contributed by atoms with Crippen LogP contribution in [0.4, 0.5) is 10.1 Å². The molecule has 0 aliphatic carbocycles. The van der Waals surface area contributed by atoms with Gasteiger partial charge in [-0.3, -0.25) is 0 Å². The summed E-state index contributed by atoms with van der Waals surface area (Å²) in [4.78, 5) is 4.21. The summed E-state index contributed by atoms with van der Waals surface area (Å²) >= 11 is 3.35. The van der Waals surface area contributed by atoms with Crippen molar-refractivity contribution in [3.8, 4) is 0 Å². The van der Waals surface area contributed by atoms with Gasteiger partial charge in [0.05, 0.1) is 0 Å². The lowest BCUT2D eigenvalue weighted by molar-refractivity contribution is 0.636. The minimum absolute atomic E-state index is 0.324. The predicted molar refractivity (Wildman–Crippen MR) is 63.3 cm³/mol. The van der Waals surface area contributed by atoms with Crippen molar-refractivity contribution in [1.29, 1.82) is 0 Å². The van der Waals surface area contributed by atoms with Crippen LogP contribution < -0.4 is 5.73 Å². The molecule has 4 heteroatoms. The van der Waals surface area contributed by atoms with Crippen LogP contribution in [0.5, 0.6) is 0 Å². The first-order valence-electron chi connectivity index (χ1n) is 4.52. The summed E-state index contributed by atoms with van der Waals surface area (Å²) in [6, 6.07) is 3.03. The molecule has 2 nitrogen and oxygen atoms in total. The van der Waals surface area contributed by atoms with E-state index < -0.39 is 0 Å². The number of pyridine rings is 1. The van der Waals surface area contributed by atoms with Gasteiger partial charge in [-0.1, -0.05) is 15.9 Å². The maximum absolute atomic E-state index is 13.5. The molecule has 0 saturated heterocycles. The molecule has 0 unspecified atom stereocenters. The molecule has 1 aromatic heterocycles. The molecular weight excluding hydrogens is 259 g/mol. The highest BCUT2D eigenvalue weighted by Gasteiger charge is 2.12. The van der Waals surface area contributed by atoms with Gasteiger partial charge in [-0.05, 0) is 31.5 Å². The average molecular weight is 269 g/mol. The smallest absolute Gasteiger partial charge is 0.149 e. The van der Waals surface area contributed by atoms with Crippen LogP contribution in [-0.2, 0) is 0 Å². The third-order valence-electron chi connectivity index (χ3n) is 2.57. The summed E-state index contributed by atoms with van der Waals surface area (Å²) in [5.74, 6) is -0.344. The summed E-state index contributed by atoms with van der Waals surface area (Å²) < 4.78 is 14.3. The molecule has 78 valence electrons. The monoisotopic (exact) mass is 268 g/mol. The Morgan fingerprint density at radius 3 is 2.67 bits per heavy atom. The van der Waals surface area contributed by atoms with Gasteiger partial charge in [0.1, 0.15) is 11.3 Å². The van der Waals surface area contributed by atoms with Gasteiger partial charge in [0.2, 0.25) is 0 Å². The Balaban J connectivity index is 3.04. The van der Waals surface area contributed by atoms with Crippen LogP contribution in [0.2, 0.25) is 0 Å². The van der Waals surface area contributed by atoms with E-state index in [2.05, 4.69) is 20.9 Å². The Hall–Kier alpha value is -1.16. The lowest BCUT2D eigenvalue weighted by Crippen LogP contribution is -1.99. The highest BCUT2D eigenvalue weighted by molar-refractivity contribution is 9.10. The van der Waals surface area contributed by atoms with E-state index in [4.69, 9.17) is 5.73 Å². The number of aryl methyl sites for hydroxylation is 1. The summed E-state index contributed by atoms with van der Waals surface area (Å²) in [5.41, 5.74) is 8.52. The normalized spacial score (nSPS) is 10.9. The molecule has 0 amide bonds. The second kappa shape index (κ2) is 3.45. The number of hydrogen-bond acceptors (Lipinski definition) is 2. The standard InChI is InChI=1S/C11H10BrFN2/c1-5-6(2)15-11-8(13)4-3-7(12)9(11)10(5)14/h3-4H,1-2H3,(H2,14,15). The van der Waals surface area contributed by atoms with Crippen molar-refractivity contribution < 1.29 is 4.39 Å². The van der Waals surface area contributed by atoms with E-state index in [0.29, 0.717) is 16.6 Å². The quantitative estimate of drug-likeness (QED) is 0.796. The number of nitrogens with zero attached hydrogens (tertiary/aromatic N) is 1. The highest BCUT2D eigenvalue weighted by Crippen LogP contribution is 2.32. The van der Waals surface area contributed by atoms with Gasteiger partial charge in [-0.25, -0.2) is 9.37 Å². The maximum atomic E-state index is 13.5. The maximum Gasteiger partial charge on any atom is 0.149 e. The zero-order valence-electron chi connectivity index (χ0n) is 8.44. The number of nitrogens with two attached hydrogens (primary N) is 1. The first-order chi connectivity index (χ1) is 7.02. The van der Waals surface area contributed by atoms with Gasteiger partial charge in [0.15, 0.2) is 0 Å². The molecule has 0 saturated carbocycles. The largest absolute Gasteiger partial charge is 0.398 e. The van der Waals surface area contributed by atoms with E-state index in [0.717, 1.165) is 15.7 Å². The topological polar surface area (TPSA) is 38.9 Å². The van der Waals surface area contributed by atoms with Gasteiger partial charge in [-0.15, -0.1) is 0 Å². The number of nitrogen functional groups attached to an aromatic ring is 1. The van der Waals surface area contributed by atoms with Gasteiger partial charge in [-0.2, -0.15) is 0 Å². The Morgan fingerprint density at radius 1 is 1.33 bits per heavy atom. The lowest BCUT2D eigenvalue weighted by atomic mass is 10.1. The number of benzene rings is 1. The van der Waals surface area contributed by atoms with Crippen LogP contribution in [0, 0.1) is 19.7 Å². The molecule has 0 spiro atoms. The number of anilines is 1. The Bertz CT molecular complexity index is 552. The highest BCUT2D eigenvalue weighted by atomic mass is 79.9. The van der Waals surface area contributed by atoms with E-state index in [1.807, 2.05) is 13.8 Å². The number of rotatable bonds is 0. The zero-order chi connectivity index (χ0) is 11.2. The van der Waals surface area contributed by atoms with Crippen molar-refractivity contribution in [2.45, 2.75) is 13.8 Å². The predicted octanol–water partition coefficient (Wildman–Crippen LogP) is 3.34. The SMILES string of the molecule is Cc1nc2c(F)ccc(Br)c2c(N)c1C. The van der Waals surface area contributed by atoms with E-state index >= 15 is 0 Å². The van der Waals surface area contributed by atoms with Crippen LogP contribution >= 0.6 is 15.9 Å². The average Bonchev–Trinajstić information content (AvgIpc) is 2.20. The fraction of sp³-hybridized carbons (Fsp3) is 0.182. The Labute approximate surface area is 95.4 Å².